The predicted octanol–water partition coefficient (Wildman–Crippen LogP) is 2.19. The lowest BCUT2D eigenvalue weighted by atomic mass is 9.95. The standard InChI is InChI=1S/C16H23N3O2S/c1-10(14(20)17-11-6-3-2-4-7-11)22-16-18-13-9-5-8-12(13)15(21)19-16/h10-11H,2-9H2,1H3,(H,17,20)(H,18,19,21). The van der Waals surface area contributed by atoms with E-state index >= 15 is 0 Å². The first kappa shape index (κ1) is 15.6. The zero-order valence-corrected chi connectivity index (χ0v) is 13.8. The number of carbonyl (C=O) groups is 1. The van der Waals surface area contributed by atoms with Crippen LogP contribution in [0.1, 0.15) is 56.7 Å². The van der Waals surface area contributed by atoms with E-state index in [1.165, 1.54) is 31.0 Å². The number of aryl methyl sites for hydroxylation is 1. The molecule has 2 N–H and O–H groups in total. The fourth-order valence-electron chi connectivity index (χ4n) is 3.26. The third-order valence-electron chi connectivity index (χ3n) is 4.53. The molecular formula is C16H23N3O2S. The zero-order valence-electron chi connectivity index (χ0n) is 13.0. The molecule has 1 aromatic rings. The number of H-pyrrole nitrogens is 1. The molecule has 3 rings (SSSR count). The van der Waals surface area contributed by atoms with Gasteiger partial charge >= 0.3 is 0 Å². The van der Waals surface area contributed by atoms with Crippen molar-refractivity contribution in [3.05, 3.63) is 21.6 Å². The number of carbonyl (C=O) groups excluding carboxylic acids is 1. The summed E-state index contributed by atoms with van der Waals surface area (Å²) in [5, 5.41) is 3.45. The summed E-state index contributed by atoms with van der Waals surface area (Å²) in [6.45, 7) is 1.87. The van der Waals surface area contributed by atoms with Crippen LogP contribution in [0.15, 0.2) is 9.95 Å². The molecule has 1 fully saturated rings. The number of hydrogen-bond donors (Lipinski definition) is 2. The topological polar surface area (TPSA) is 74.8 Å². The van der Waals surface area contributed by atoms with Crippen LogP contribution in [0.2, 0.25) is 0 Å². The van der Waals surface area contributed by atoms with Gasteiger partial charge in [-0.25, -0.2) is 4.98 Å². The van der Waals surface area contributed by atoms with Gasteiger partial charge in [0, 0.05) is 11.6 Å². The number of aromatic amines is 1. The molecule has 0 aromatic carbocycles. The van der Waals surface area contributed by atoms with Crippen molar-refractivity contribution in [1.82, 2.24) is 15.3 Å². The SMILES string of the molecule is CC(Sc1nc2c(c(=O)[nH]1)CCC2)C(=O)NC1CCCCC1. The van der Waals surface area contributed by atoms with Gasteiger partial charge in [0.2, 0.25) is 5.91 Å². The second-order valence-electron chi connectivity index (χ2n) is 6.25. The monoisotopic (exact) mass is 321 g/mol. The predicted molar refractivity (Wildman–Crippen MR) is 87.2 cm³/mol. The van der Waals surface area contributed by atoms with E-state index in [1.807, 2.05) is 6.92 Å². The van der Waals surface area contributed by atoms with Gasteiger partial charge in [-0.3, -0.25) is 9.59 Å². The van der Waals surface area contributed by atoms with Crippen LogP contribution in [0.4, 0.5) is 0 Å². The fourth-order valence-corrected chi connectivity index (χ4v) is 4.09. The molecule has 2 aliphatic carbocycles. The van der Waals surface area contributed by atoms with Crippen LogP contribution in [-0.4, -0.2) is 27.2 Å². The Bertz CT molecular complexity index is 608. The number of nitrogens with one attached hydrogen (secondary N) is 2. The summed E-state index contributed by atoms with van der Waals surface area (Å²) in [6.07, 6.45) is 8.52. The molecule has 0 spiro atoms. The average molecular weight is 321 g/mol. The summed E-state index contributed by atoms with van der Waals surface area (Å²) in [5.74, 6) is 0.0417. The zero-order chi connectivity index (χ0) is 15.5. The van der Waals surface area contributed by atoms with E-state index in [-0.39, 0.29) is 16.7 Å². The quantitative estimate of drug-likeness (QED) is 0.658. The number of thioether (sulfide) groups is 1. The van der Waals surface area contributed by atoms with Gasteiger partial charge in [-0.1, -0.05) is 31.0 Å². The Kier molecular flexibility index (Phi) is 4.86. The van der Waals surface area contributed by atoms with E-state index in [0.29, 0.717) is 11.2 Å². The van der Waals surface area contributed by atoms with Crippen molar-refractivity contribution in [2.24, 2.45) is 0 Å². The molecule has 6 heteroatoms. The molecule has 1 aromatic heterocycles. The van der Waals surface area contributed by atoms with Crippen molar-refractivity contribution in [2.45, 2.75) is 74.7 Å². The summed E-state index contributed by atoms with van der Waals surface area (Å²) < 4.78 is 0. The van der Waals surface area contributed by atoms with E-state index in [0.717, 1.165) is 43.4 Å². The lowest BCUT2D eigenvalue weighted by Crippen LogP contribution is -2.40. The number of hydrogen-bond acceptors (Lipinski definition) is 4. The number of rotatable bonds is 4. The molecular weight excluding hydrogens is 298 g/mol. The van der Waals surface area contributed by atoms with E-state index in [1.54, 1.807) is 0 Å². The molecule has 0 radical (unpaired) electrons. The lowest BCUT2D eigenvalue weighted by molar-refractivity contribution is -0.121. The molecule has 1 unspecified atom stereocenters. The van der Waals surface area contributed by atoms with Crippen LogP contribution in [0.5, 0.6) is 0 Å². The van der Waals surface area contributed by atoms with E-state index in [2.05, 4.69) is 15.3 Å². The first-order valence-electron chi connectivity index (χ1n) is 8.22. The van der Waals surface area contributed by atoms with Gasteiger partial charge in [0.1, 0.15) is 0 Å². The smallest absolute Gasteiger partial charge is 0.254 e. The highest BCUT2D eigenvalue weighted by Crippen LogP contribution is 2.23. The molecule has 1 heterocycles. The van der Waals surface area contributed by atoms with Gasteiger partial charge in [-0.05, 0) is 39.0 Å². The Morgan fingerprint density at radius 3 is 2.82 bits per heavy atom. The van der Waals surface area contributed by atoms with Gasteiger partial charge in [0.25, 0.3) is 5.56 Å². The molecule has 22 heavy (non-hydrogen) atoms. The summed E-state index contributed by atoms with van der Waals surface area (Å²) >= 11 is 1.34. The Morgan fingerprint density at radius 2 is 2.05 bits per heavy atom. The number of fused-ring (bicyclic) bond motifs is 1. The molecule has 0 bridgehead atoms. The third kappa shape index (κ3) is 3.54. The molecule has 1 atom stereocenters. The van der Waals surface area contributed by atoms with Gasteiger partial charge < -0.3 is 10.3 Å². The van der Waals surface area contributed by atoms with Crippen molar-refractivity contribution in [3.63, 3.8) is 0 Å². The van der Waals surface area contributed by atoms with Crippen molar-refractivity contribution in [3.8, 4) is 0 Å². The largest absolute Gasteiger partial charge is 0.352 e. The molecule has 0 aliphatic heterocycles. The Morgan fingerprint density at radius 1 is 1.27 bits per heavy atom. The minimum atomic E-state index is -0.246. The second kappa shape index (κ2) is 6.86. The molecule has 1 amide bonds. The minimum Gasteiger partial charge on any atom is -0.352 e. The van der Waals surface area contributed by atoms with Crippen molar-refractivity contribution in [1.29, 1.82) is 0 Å². The third-order valence-corrected chi connectivity index (χ3v) is 5.51. The minimum absolute atomic E-state index is 0.0371. The van der Waals surface area contributed by atoms with E-state index in [4.69, 9.17) is 0 Å². The Balaban J connectivity index is 1.61. The molecule has 5 nitrogen and oxygen atoms in total. The van der Waals surface area contributed by atoms with Gasteiger partial charge in [-0.15, -0.1) is 0 Å². The Labute approximate surface area is 134 Å². The number of amides is 1. The maximum Gasteiger partial charge on any atom is 0.254 e. The maximum atomic E-state index is 12.3. The highest BCUT2D eigenvalue weighted by molar-refractivity contribution is 8.00. The van der Waals surface area contributed by atoms with Crippen LogP contribution >= 0.6 is 11.8 Å². The summed E-state index contributed by atoms with van der Waals surface area (Å²) in [4.78, 5) is 31.6. The normalized spacial score (nSPS) is 19.7. The maximum absolute atomic E-state index is 12.3. The number of nitrogens with zero attached hydrogens (tertiary/aromatic N) is 1. The highest BCUT2D eigenvalue weighted by Gasteiger charge is 2.23. The van der Waals surface area contributed by atoms with Gasteiger partial charge in [0.05, 0.1) is 10.9 Å². The van der Waals surface area contributed by atoms with E-state index in [9.17, 15) is 9.59 Å². The van der Waals surface area contributed by atoms with Crippen molar-refractivity contribution in [2.75, 3.05) is 0 Å². The molecule has 1 saturated carbocycles. The van der Waals surface area contributed by atoms with Crippen molar-refractivity contribution >= 4 is 17.7 Å². The van der Waals surface area contributed by atoms with Gasteiger partial charge in [0.15, 0.2) is 5.16 Å². The van der Waals surface area contributed by atoms with Gasteiger partial charge in [-0.2, -0.15) is 0 Å². The van der Waals surface area contributed by atoms with E-state index < -0.39 is 0 Å². The lowest BCUT2D eigenvalue weighted by Gasteiger charge is -2.24. The van der Waals surface area contributed by atoms with Crippen LogP contribution < -0.4 is 10.9 Å². The average Bonchev–Trinajstić information content (AvgIpc) is 2.97. The first-order chi connectivity index (χ1) is 10.6. The second-order valence-corrected chi connectivity index (χ2v) is 7.58. The Hall–Kier alpha value is -1.30. The number of aromatic nitrogens is 2. The summed E-state index contributed by atoms with van der Waals surface area (Å²) in [6, 6.07) is 0.316. The van der Waals surface area contributed by atoms with Crippen LogP contribution in [0.3, 0.4) is 0 Å². The van der Waals surface area contributed by atoms with Crippen molar-refractivity contribution < 1.29 is 4.79 Å². The highest BCUT2D eigenvalue weighted by atomic mass is 32.2. The summed E-state index contributed by atoms with van der Waals surface area (Å²) in [7, 11) is 0. The molecule has 120 valence electrons. The first-order valence-corrected chi connectivity index (χ1v) is 9.10. The molecule has 2 aliphatic rings. The van der Waals surface area contributed by atoms with Crippen LogP contribution in [0, 0.1) is 0 Å². The van der Waals surface area contributed by atoms with Crippen LogP contribution in [-0.2, 0) is 17.6 Å². The summed E-state index contributed by atoms with van der Waals surface area (Å²) in [5.41, 5.74) is 1.69. The fraction of sp³-hybridized carbons (Fsp3) is 0.688. The molecule has 0 saturated heterocycles. The van der Waals surface area contributed by atoms with Crippen LogP contribution in [0.25, 0.3) is 0 Å².